The number of hydrazone groups is 1. The van der Waals surface area contributed by atoms with E-state index in [1.807, 2.05) is 0 Å². The molecule has 0 fully saturated rings. The molecule has 0 atom stereocenters. The van der Waals surface area contributed by atoms with E-state index in [1.54, 1.807) is 0 Å². The zero-order valence-corrected chi connectivity index (χ0v) is 15.1. The van der Waals surface area contributed by atoms with Gasteiger partial charge in [0, 0.05) is 31.3 Å². The molecular formula is C17H17F2N3O3S. The van der Waals surface area contributed by atoms with Gasteiger partial charge in [0.15, 0.2) is 0 Å². The lowest BCUT2D eigenvalue weighted by atomic mass is 10.1. The molecule has 138 valence electrons. The van der Waals surface area contributed by atoms with Gasteiger partial charge in [0.2, 0.25) is 10.0 Å². The van der Waals surface area contributed by atoms with E-state index in [9.17, 15) is 22.0 Å². The van der Waals surface area contributed by atoms with E-state index in [0.717, 1.165) is 10.4 Å². The number of halogens is 2. The van der Waals surface area contributed by atoms with Crippen molar-refractivity contribution in [3.05, 3.63) is 65.2 Å². The Balaban J connectivity index is 2.23. The number of hydrogen-bond donors (Lipinski definition) is 1. The largest absolute Gasteiger partial charge is 0.271 e. The smallest absolute Gasteiger partial charge is 0.267 e. The highest BCUT2D eigenvalue weighted by molar-refractivity contribution is 7.89. The van der Waals surface area contributed by atoms with Gasteiger partial charge in [0.25, 0.3) is 5.91 Å². The summed E-state index contributed by atoms with van der Waals surface area (Å²) in [5.41, 5.74) is 2.47. The van der Waals surface area contributed by atoms with Crippen LogP contribution >= 0.6 is 0 Å². The number of benzene rings is 2. The molecule has 0 unspecified atom stereocenters. The molecule has 0 aliphatic carbocycles. The fourth-order valence-corrected chi connectivity index (χ4v) is 3.00. The Hall–Kier alpha value is -2.65. The van der Waals surface area contributed by atoms with Crippen LogP contribution in [0.15, 0.2) is 52.5 Å². The van der Waals surface area contributed by atoms with Crippen LogP contribution in [0.5, 0.6) is 0 Å². The fraction of sp³-hybridized carbons (Fsp3) is 0.176. The van der Waals surface area contributed by atoms with Crippen LogP contribution in [0, 0.1) is 11.6 Å². The SMILES string of the molecule is C/C(=N/NC(=O)c1cccc(S(=O)(=O)N(C)C)c1)c1ccc(F)cc1F. The zero-order chi connectivity index (χ0) is 19.5. The average Bonchev–Trinajstić information content (AvgIpc) is 2.59. The summed E-state index contributed by atoms with van der Waals surface area (Å²) in [6.45, 7) is 1.45. The van der Waals surface area contributed by atoms with Gasteiger partial charge >= 0.3 is 0 Å². The second-order valence-corrected chi connectivity index (χ2v) is 7.73. The van der Waals surface area contributed by atoms with Crippen molar-refractivity contribution in [2.24, 2.45) is 5.10 Å². The zero-order valence-electron chi connectivity index (χ0n) is 14.3. The Kier molecular flexibility index (Phi) is 5.83. The summed E-state index contributed by atoms with van der Waals surface area (Å²) >= 11 is 0. The minimum atomic E-state index is -3.68. The van der Waals surface area contributed by atoms with Gasteiger partial charge in [-0.15, -0.1) is 0 Å². The van der Waals surface area contributed by atoms with Crippen LogP contribution in [0.2, 0.25) is 0 Å². The molecule has 1 N–H and O–H groups in total. The third-order valence-corrected chi connectivity index (χ3v) is 5.33. The minimum Gasteiger partial charge on any atom is -0.267 e. The number of hydrogen-bond acceptors (Lipinski definition) is 4. The Morgan fingerprint density at radius 2 is 1.81 bits per heavy atom. The highest BCUT2D eigenvalue weighted by Crippen LogP contribution is 2.15. The summed E-state index contributed by atoms with van der Waals surface area (Å²) in [4.78, 5) is 12.1. The minimum absolute atomic E-state index is 0.0376. The van der Waals surface area contributed by atoms with Crippen LogP contribution in [-0.4, -0.2) is 38.4 Å². The van der Waals surface area contributed by atoms with E-state index in [0.29, 0.717) is 6.07 Å². The maximum atomic E-state index is 13.7. The van der Waals surface area contributed by atoms with Crippen LogP contribution in [-0.2, 0) is 10.0 Å². The first-order chi connectivity index (χ1) is 12.1. The molecular weight excluding hydrogens is 364 g/mol. The van der Waals surface area contributed by atoms with Crippen molar-refractivity contribution in [2.75, 3.05) is 14.1 Å². The second-order valence-electron chi connectivity index (χ2n) is 5.58. The van der Waals surface area contributed by atoms with Gasteiger partial charge in [0.1, 0.15) is 11.6 Å². The van der Waals surface area contributed by atoms with Crippen LogP contribution in [0.3, 0.4) is 0 Å². The second kappa shape index (κ2) is 7.71. The highest BCUT2D eigenvalue weighted by atomic mass is 32.2. The first kappa shape index (κ1) is 19.7. The molecule has 9 heteroatoms. The highest BCUT2D eigenvalue weighted by Gasteiger charge is 2.18. The van der Waals surface area contributed by atoms with Crippen molar-refractivity contribution in [2.45, 2.75) is 11.8 Å². The molecule has 0 saturated heterocycles. The standard InChI is InChI=1S/C17H17F2N3O3S/c1-11(15-8-7-13(18)10-16(15)19)20-21-17(23)12-5-4-6-14(9-12)26(24,25)22(2)3/h4-10H,1-3H3,(H,21,23)/b20-11-. The molecule has 0 aliphatic rings. The summed E-state index contributed by atoms with van der Waals surface area (Å²) in [7, 11) is -0.921. The van der Waals surface area contributed by atoms with Crippen LogP contribution in [0.4, 0.5) is 8.78 Å². The summed E-state index contributed by atoms with van der Waals surface area (Å²) in [5, 5.41) is 3.78. The molecule has 2 rings (SSSR count). The van der Waals surface area contributed by atoms with Crippen LogP contribution in [0.25, 0.3) is 0 Å². The molecule has 0 aromatic heterocycles. The van der Waals surface area contributed by atoms with Crippen molar-refractivity contribution >= 4 is 21.6 Å². The van der Waals surface area contributed by atoms with Gasteiger partial charge in [-0.05, 0) is 37.3 Å². The number of nitrogens with zero attached hydrogens (tertiary/aromatic N) is 2. The van der Waals surface area contributed by atoms with E-state index in [1.165, 1.54) is 51.4 Å². The lowest BCUT2D eigenvalue weighted by Gasteiger charge is -2.12. The van der Waals surface area contributed by atoms with E-state index >= 15 is 0 Å². The normalized spacial score (nSPS) is 12.3. The molecule has 0 aliphatic heterocycles. The average molecular weight is 381 g/mol. The van der Waals surface area contributed by atoms with Gasteiger partial charge in [-0.3, -0.25) is 4.79 Å². The lowest BCUT2D eigenvalue weighted by molar-refractivity contribution is 0.0954. The Bertz CT molecular complexity index is 973. The lowest BCUT2D eigenvalue weighted by Crippen LogP contribution is -2.23. The monoisotopic (exact) mass is 381 g/mol. The van der Waals surface area contributed by atoms with Crippen LogP contribution < -0.4 is 5.43 Å². The van der Waals surface area contributed by atoms with Gasteiger partial charge < -0.3 is 0 Å². The summed E-state index contributed by atoms with van der Waals surface area (Å²) in [5.74, 6) is -2.19. The Morgan fingerprint density at radius 3 is 2.42 bits per heavy atom. The number of rotatable bonds is 5. The van der Waals surface area contributed by atoms with E-state index < -0.39 is 27.6 Å². The summed E-state index contributed by atoms with van der Waals surface area (Å²) in [6, 6.07) is 8.44. The van der Waals surface area contributed by atoms with E-state index in [-0.39, 0.29) is 21.7 Å². The predicted octanol–water partition coefficient (Wildman–Crippen LogP) is 2.37. The fourth-order valence-electron chi connectivity index (χ4n) is 2.05. The van der Waals surface area contributed by atoms with Crippen molar-refractivity contribution in [1.29, 1.82) is 0 Å². The number of amides is 1. The van der Waals surface area contributed by atoms with Crippen LogP contribution in [0.1, 0.15) is 22.8 Å². The first-order valence-electron chi connectivity index (χ1n) is 7.45. The van der Waals surface area contributed by atoms with Crippen molar-refractivity contribution in [1.82, 2.24) is 9.73 Å². The number of carbonyl (C=O) groups is 1. The van der Waals surface area contributed by atoms with Crippen molar-refractivity contribution in [3.8, 4) is 0 Å². The molecule has 2 aromatic rings. The number of carbonyl (C=O) groups excluding carboxylic acids is 1. The topological polar surface area (TPSA) is 78.8 Å². The van der Waals surface area contributed by atoms with Gasteiger partial charge in [-0.25, -0.2) is 26.9 Å². The summed E-state index contributed by atoms with van der Waals surface area (Å²) in [6.07, 6.45) is 0. The van der Waals surface area contributed by atoms with Crippen molar-refractivity contribution in [3.63, 3.8) is 0 Å². The molecule has 0 bridgehead atoms. The Labute approximate surface area is 150 Å². The molecule has 0 heterocycles. The molecule has 2 aromatic carbocycles. The van der Waals surface area contributed by atoms with Gasteiger partial charge in [-0.1, -0.05) is 6.07 Å². The molecule has 26 heavy (non-hydrogen) atoms. The first-order valence-corrected chi connectivity index (χ1v) is 8.89. The van der Waals surface area contributed by atoms with Crippen molar-refractivity contribution < 1.29 is 22.0 Å². The quantitative estimate of drug-likeness (QED) is 0.638. The van der Waals surface area contributed by atoms with Gasteiger partial charge in [-0.2, -0.15) is 5.10 Å². The van der Waals surface area contributed by atoms with E-state index in [4.69, 9.17) is 0 Å². The molecule has 0 saturated carbocycles. The predicted molar refractivity (Wildman–Crippen MR) is 93.4 cm³/mol. The molecule has 1 amide bonds. The third kappa shape index (κ3) is 4.30. The summed E-state index contributed by atoms with van der Waals surface area (Å²) < 4.78 is 51.9. The third-order valence-electron chi connectivity index (χ3n) is 3.52. The van der Waals surface area contributed by atoms with Gasteiger partial charge in [0.05, 0.1) is 10.6 Å². The molecule has 6 nitrogen and oxygen atoms in total. The maximum absolute atomic E-state index is 13.7. The molecule has 0 radical (unpaired) electrons. The molecule has 0 spiro atoms. The number of sulfonamides is 1. The number of nitrogens with one attached hydrogen (secondary N) is 1. The maximum Gasteiger partial charge on any atom is 0.271 e. The Morgan fingerprint density at radius 1 is 1.12 bits per heavy atom. The van der Waals surface area contributed by atoms with E-state index in [2.05, 4.69) is 10.5 Å².